The number of ether oxygens (including phenoxy) is 3. The Bertz CT molecular complexity index is 863. The number of methoxy groups -OCH3 is 2. The third kappa shape index (κ3) is 5.91. The van der Waals surface area contributed by atoms with Crippen LogP contribution in [0, 0.1) is 5.82 Å². The molecule has 0 amide bonds. The lowest BCUT2D eigenvalue weighted by Gasteiger charge is -2.33. The van der Waals surface area contributed by atoms with E-state index in [4.69, 9.17) is 14.2 Å². The van der Waals surface area contributed by atoms with Crippen LogP contribution in [0.25, 0.3) is 6.08 Å². The van der Waals surface area contributed by atoms with Crippen molar-refractivity contribution in [1.29, 1.82) is 0 Å². The van der Waals surface area contributed by atoms with Crippen LogP contribution < -0.4 is 14.8 Å². The molecule has 1 unspecified atom stereocenters. The minimum absolute atomic E-state index is 0.266. The van der Waals surface area contributed by atoms with E-state index in [0.29, 0.717) is 11.5 Å². The fourth-order valence-electron chi connectivity index (χ4n) is 2.99. The molecule has 0 bridgehead atoms. The molecule has 0 heterocycles. The molecule has 0 radical (unpaired) electrons. The Morgan fingerprint density at radius 3 is 2.31 bits per heavy atom. The van der Waals surface area contributed by atoms with Gasteiger partial charge < -0.3 is 24.4 Å². The van der Waals surface area contributed by atoms with Crippen LogP contribution in [-0.4, -0.2) is 39.4 Å². The number of hydrogen-bond donors (Lipinski definition) is 1. The molecule has 1 atom stereocenters. The summed E-state index contributed by atoms with van der Waals surface area (Å²) in [5, 5.41) is 3.17. The number of likely N-dealkylation sites (N-methyl/N-ethyl adjacent to an activating group) is 1. The van der Waals surface area contributed by atoms with E-state index in [2.05, 4.69) is 5.32 Å². The predicted octanol–water partition coefficient (Wildman–Crippen LogP) is 4.63. The number of benzene rings is 2. The molecule has 2 rings (SSSR count). The maximum Gasteiger partial charge on any atom is 0.195 e. The molecule has 5 nitrogen and oxygen atoms in total. The zero-order valence-corrected chi connectivity index (χ0v) is 17.8. The van der Waals surface area contributed by atoms with E-state index >= 15 is 0 Å². The van der Waals surface area contributed by atoms with Crippen molar-refractivity contribution in [3.63, 3.8) is 0 Å². The van der Waals surface area contributed by atoms with Crippen molar-refractivity contribution in [2.24, 2.45) is 0 Å². The molecule has 0 spiro atoms. The quantitative estimate of drug-likeness (QED) is 0.491. The number of rotatable bonds is 9. The Morgan fingerprint density at radius 2 is 1.72 bits per heavy atom. The first-order valence-corrected chi connectivity index (χ1v) is 9.29. The molecular formula is C23H29FN2O3. The maximum absolute atomic E-state index is 13.3. The second-order valence-electron chi connectivity index (χ2n) is 6.56. The van der Waals surface area contributed by atoms with Crippen molar-refractivity contribution in [2.75, 3.05) is 28.3 Å². The minimum atomic E-state index is -0.445. The molecule has 6 heteroatoms. The zero-order valence-electron chi connectivity index (χ0n) is 17.8. The first-order chi connectivity index (χ1) is 13.9. The van der Waals surface area contributed by atoms with Gasteiger partial charge in [-0.05, 0) is 49.2 Å². The van der Waals surface area contributed by atoms with Gasteiger partial charge >= 0.3 is 0 Å². The summed E-state index contributed by atoms with van der Waals surface area (Å²) < 4.78 is 30.3. The van der Waals surface area contributed by atoms with E-state index in [9.17, 15) is 4.39 Å². The van der Waals surface area contributed by atoms with Crippen LogP contribution in [-0.2, 0) is 4.74 Å². The number of halogens is 1. The molecule has 1 N–H and O–H groups in total. The lowest BCUT2D eigenvalue weighted by Crippen LogP contribution is -2.41. The van der Waals surface area contributed by atoms with Crippen LogP contribution in [0.15, 0.2) is 65.7 Å². The van der Waals surface area contributed by atoms with Gasteiger partial charge in [0.1, 0.15) is 28.9 Å². The number of nitrogens with zero attached hydrogens (tertiary/aromatic N) is 1. The molecule has 2 aromatic rings. The monoisotopic (exact) mass is 400 g/mol. The van der Waals surface area contributed by atoms with E-state index in [-0.39, 0.29) is 5.82 Å². The van der Waals surface area contributed by atoms with Crippen LogP contribution in [0.3, 0.4) is 0 Å². The van der Waals surface area contributed by atoms with Crippen LogP contribution in [0.4, 0.5) is 4.39 Å². The number of hydrogen-bond acceptors (Lipinski definition) is 5. The standard InChI is InChI=1S/C23H29FN2O3/c1-16(14-18-10-12-19(24)13-11-18)23(26(4)22(25-3)17(2)27-5)29-21-9-7-8-20(15-21)28-6/h7-15,23,25H,1-6H3/b16-14-,22-17+. The lowest BCUT2D eigenvalue weighted by molar-refractivity contribution is 0.0905. The van der Waals surface area contributed by atoms with Gasteiger partial charge in [-0.15, -0.1) is 0 Å². The van der Waals surface area contributed by atoms with Crippen molar-refractivity contribution < 1.29 is 18.6 Å². The largest absolute Gasteiger partial charge is 0.498 e. The van der Waals surface area contributed by atoms with Gasteiger partial charge in [0.05, 0.1) is 14.2 Å². The molecule has 0 aromatic heterocycles. The zero-order chi connectivity index (χ0) is 21.4. The van der Waals surface area contributed by atoms with Crippen LogP contribution >= 0.6 is 0 Å². The van der Waals surface area contributed by atoms with Crippen LogP contribution in [0.2, 0.25) is 0 Å². The summed E-state index contributed by atoms with van der Waals surface area (Å²) in [5.41, 5.74) is 1.81. The van der Waals surface area contributed by atoms with Crippen LogP contribution in [0.5, 0.6) is 11.5 Å². The second kappa shape index (κ2) is 10.4. The third-order valence-electron chi connectivity index (χ3n) is 4.52. The van der Waals surface area contributed by atoms with Crippen LogP contribution in [0.1, 0.15) is 19.4 Å². The molecule has 29 heavy (non-hydrogen) atoms. The SMILES string of the molecule is CN/C(=C(/C)OC)N(C)C(Oc1cccc(OC)c1)/C(C)=C\c1ccc(F)cc1. The Morgan fingerprint density at radius 1 is 1.07 bits per heavy atom. The van der Waals surface area contributed by atoms with Crippen molar-refractivity contribution in [1.82, 2.24) is 10.2 Å². The van der Waals surface area contributed by atoms with E-state index < -0.39 is 6.23 Å². The molecular weight excluding hydrogens is 371 g/mol. The van der Waals surface area contributed by atoms with E-state index in [1.54, 1.807) is 26.4 Å². The highest BCUT2D eigenvalue weighted by atomic mass is 19.1. The van der Waals surface area contributed by atoms with Gasteiger partial charge in [0, 0.05) is 20.2 Å². The molecule has 0 saturated carbocycles. The summed E-state index contributed by atoms with van der Waals surface area (Å²) in [6, 6.07) is 13.8. The first-order valence-electron chi connectivity index (χ1n) is 9.29. The highest BCUT2D eigenvalue weighted by molar-refractivity contribution is 5.53. The Labute approximate surface area is 172 Å². The Kier molecular flexibility index (Phi) is 7.95. The number of nitrogens with one attached hydrogen (secondary N) is 1. The fourth-order valence-corrected chi connectivity index (χ4v) is 2.99. The summed E-state index contributed by atoms with van der Waals surface area (Å²) in [4.78, 5) is 1.95. The number of allylic oxidation sites excluding steroid dienone is 1. The van der Waals surface area contributed by atoms with Crippen molar-refractivity contribution >= 4 is 6.08 Å². The minimum Gasteiger partial charge on any atom is -0.498 e. The van der Waals surface area contributed by atoms with Gasteiger partial charge in [-0.25, -0.2) is 4.39 Å². The predicted molar refractivity (Wildman–Crippen MR) is 114 cm³/mol. The summed E-state index contributed by atoms with van der Waals surface area (Å²) in [7, 11) is 6.99. The van der Waals surface area contributed by atoms with Crippen molar-refractivity contribution in [3.8, 4) is 11.5 Å². The molecule has 2 aromatic carbocycles. The summed E-state index contributed by atoms with van der Waals surface area (Å²) in [5.74, 6) is 2.62. The Hall–Kier alpha value is -3.15. The summed E-state index contributed by atoms with van der Waals surface area (Å²) in [6.45, 7) is 3.85. The average Bonchev–Trinajstić information content (AvgIpc) is 2.73. The summed E-state index contributed by atoms with van der Waals surface area (Å²) in [6.07, 6.45) is 1.52. The maximum atomic E-state index is 13.3. The first kappa shape index (κ1) is 22.1. The third-order valence-corrected chi connectivity index (χ3v) is 4.52. The van der Waals surface area contributed by atoms with Gasteiger partial charge in [-0.3, -0.25) is 0 Å². The molecule has 0 saturated heterocycles. The highest BCUT2D eigenvalue weighted by Crippen LogP contribution is 2.25. The molecule has 0 aliphatic heterocycles. The Balaban J connectivity index is 2.44. The van der Waals surface area contributed by atoms with Crippen molar-refractivity contribution in [3.05, 3.63) is 77.1 Å². The van der Waals surface area contributed by atoms with Gasteiger partial charge in [-0.1, -0.05) is 24.3 Å². The van der Waals surface area contributed by atoms with Crippen molar-refractivity contribution in [2.45, 2.75) is 20.1 Å². The second-order valence-corrected chi connectivity index (χ2v) is 6.56. The molecule has 0 aliphatic rings. The molecule has 0 fully saturated rings. The molecule has 0 aliphatic carbocycles. The smallest absolute Gasteiger partial charge is 0.195 e. The lowest BCUT2D eigenvalue weighted by atomic mass is 10.1. The van der Waals surface area contributed by atoms with Gasteiger partial charge in [0.15, 0.2) is 6.23 Å². The van der Waals surface area contributed by atoms with E-state index in [1.807, 2.05) is 63.2 Å². The normalized spacial score (nSPS) is 13.3. The summed E-state index contributed by atoms with van der Waals surface area (Å²) >= 11 is 0. The van der Waals surface area contributed by atoms with Gasteiger partial charge in [0.25, 0.3) is 0 Å². The van der Waals surface area contributed by atoms with E-state index in [1.165, 1.54) is 12.1 Å². The van der Waals surface area contributed by atoms with Gasteiger partial charge in [-0.2, -0.15) is 0 Å². The fraction of sp³-hybridized carbons (Fsp3) is 0.304. The average molecular weight is 400 g/mol. The van der Waals surface area contributed by atoms with Gasteiger partial charge in [0.2, 0.25) is 0 Å². The molecule has 156 valence electrons. The topological polar surface area (TPSA) is 43.0 Å². The highest BCUT2D eigenvalue weighted by Gasteiger charge is 2.23. The van der Waals surface area contributed by atoms with E-state index in [0.717, 1.165) is 22.7 Å².